The molecule has 0 radical (unpaired) electrons. The molecule has 2 heterocycles. The Hall–Kier alpha value is -1.61. The van der Waals surface area contributed by atoms with E-state index < -0.39 is 0 Å². The highest BCUT2D eigenvalue weighted by Gasteiger charge is 2.20. The maximum atomic E-state index is 12.0. The maximum absolute atomic E-state index is 12.0. The molecule has 0 spiro atoms. The fourth-order valence-electron chi connectivity index (χ4n) is 3.76. The number of hydrogen-bond donors (Lipinski definition) is 0. The van der Waals surface area contributed by atoms with Crippen LogP contribution >= 0.6 is 0 Å². The van der Waals surface area contributed by atoms with E-state index >= 15 is 0 Å². The molecule has 3 nitrogen and oxygen atoms in total. The molecule has 0 aliphatic carbocycles. The normalized spacial score (nSPS) is 19.6. The van der Waals surface area contributed by atoms with Crippen molar-refractivity contribution in [2.75, 3.05) is 6.54 Å². The van der Waals surface area contributed by atoms with Crippen LogP contribution in [-0.2, 0) is 6.54 Å². The average Bonchev–Trinajstić information content (AvgIpc) is 2.48. The number of piperidine rings is 1. The van der Waals surface area contributed by atoms with Gasteiger partial charge in [0.25, 0.3) is 0 Å². The van der Waals surface area contributed by atoms with Crippen LogP contribution in [0.25, 0.3) is 11.0 Å². The summed E-state index contributed by atoms with van der Waals surface area (Å²) in [5.41, 5.74) is 4.11. The number of nitrogens with zero attached hydrogens (tertiary/aromatic N) is 1. The number of benzene rings is 1. The molecule has 2 aromatic rings. The van der Waals surface area contributed by atoms with Gasteiger partial charge >= 0.3 is 5.63 Å². The second kappa shape index (κ2) is 6.48. The highest BCUT2D eigenvalue weighted by molar-refractivity contribution is 5.82. The largest absolute Gasteiger partial charge is 0.423 e. The third-order valence-electron chi connectivity index (χ3n) is 5.15. The number of fused-ring (bicyclic) bond motifs is 1. The summed E-state index contributed by atoms with van der Waals surface area (Å²) < 4.78 is 5.46. The van der Waals surface area contributed by atoms with Crippen LogP contribution in [0.2, 0.25) is 0 Å². The molecule has 1 saturated heterocycles. The van der Waals surface area contributed by atoms with Gasteiger partial charge in [0.2, 0.25) is 0 Å². The zero-order chi connectivity index (χ0) is 16.6. The lowest BCUT2D eigenvalue weighted by Gasteiger charge is -2.33. The van der Waals surface area contributed by atoms with Crippen molar-refractivity contribution in [2.24, 2.45) is 0 Å². The summed E-state index contributed by atoms with van der Waals surface area (Å²) in [6.45, 7) is 10.7. The van der Waals surface area contributed by atoms with E-state index in [9.17, 15) is 4.79 Å². The summed E-state index contributed by atoms with van der Waals surface area (Å²) in [4.78, 5) is 14.5. The third-order valence-corrected chi connectivity index (χ3v) is 5.15. The standard InChI is InChI=1S/C20H27NO2/c1-13(2)17-11-18-16(12-21-8-6-5-7-15(21)4)10-20(22)23-19(18)9-14(17)3/h9-11,13,15H,5-8,12H2,1-4H3/t15-/m0/s1. The molecule has 1 aromatic carbocycles. The summed E-state index contributed by atoms with van der Waals surface area (Å²) in [5.74, 6) is 0.466. The first-order valence-corrected chi connectivity index (χ1v) is 8.77. The maximum Gasteiger partial charge on any atom is 0.336 e. The van der Waals surface area contributed by atoms with E-state index in [-0.39, 0.29) is 5.63 Å². The minimum atomic E-state index is -0.242. The topological polar surface area (TPSA) is 33.5 Å². The minimum absolute atomic E-state index is 0.242. The molecular weight excluding hydrogens is 286 g/mol. The van der Waals surface area contributed by atoms with Gasteiger partial charge in [0.15, 0.2) is 0 Å². The molecule has 1 atom stereocenters. The molecule has 0 amide bonds. The summed E-state index contributed by atoms with van der Waals surface area (Å²) in [5, 5.41) is 1.09. The SMILES string of the molecule is Cc1cc2oc(=O)cc(CN3CCCC[C@@H]3C)c2cc1C(C)C. The average molecular weight is 313 g/mol. The Morgan fingerprint density at radius 1 is 1.26 bits per heavy atom. The first-order valence-electron chi connectivity index (χ1n) is 8.77. The molecule has 1 fully saturated rings. The summed E-state index contributed by atoms with van der Waals surface area (Å²) in [7, 11) is 0. The number of hydrogen-bond acceptors (Lipinski definition) is 3. The highest BCUT2D eigenvalue weighted by Crippen LogP contribution is 2.28. The van der Waals surface area contributed by atoms with Gasteiger partial charge in [-0.05, 0) is 68.0 Å². The van der Waals surface area contributed by atoms with E-state index in [4.69, 9.17) is 4.42 Å². The van der Waals surface area contributed by atoms with Gasteiger partial charge in [-0.25, -0.2) is 4.79 Å². The Bertz CT molecular complexity index is 760. The van der Waals surface area contributed by atoms with Crippen molar-refractivity contribution in [3.63, 3.8) is 0 Å². The molecule has 3 rings (SSSR count). The number of rotatable bonds is 3. The fourth-order valence-corrected chi connectivity index (χ4v) is 3.76. The molecule has 23 heavy (non-hydrogen) atoms. The van der Waals surface area contributed by atoms with Crippen LogP contribution < -0.4 is 5.63 Å². The van der Waals surface area contributed by atoms with Gasteiger partial charge < -0.3 is 4.42 Å². The van der Waals surface area contributed by atoms with Gasteiger partial charge in [-0.1, -0.05) is 20.3 Å². The Balaban J connectivity index is 2.07. The third kappa shape index (κ3) is 3.35. The molecule has 3 heteroatoms. The lowest BCUT2D eigenvalue weighted by atomic mass is 9.94. The van der Waals surface area contributed by atoms with E-state index in [0.717, 1.165) is 29.6 Å². The Labute approximate surface area is 138 Å². The molecule has 0 bridgehead atoms. The predicted octanol–water partition coefficient (Wildman–Crippen LogP) is 4.60. The van der Waals surface area contributed by atoms with Gasteiger partial charge in [0.05, 0.1) is 0 Å². The van der Waals surface area contributed by atoms with Crippen molar-refractivity contribution >= 4 is 11.0 Å². The number of likely N-dealkylation sites (tertiary alicyclic amines) is 1. The zero-order valence-corrected chi connectivity index (χ0v) is 14.7. The lowest BCUT2D eigenvalue weighted by molar-refractivity contribution is 0.153. The van der Waals surface area contributed by atoms with Crippen LogP contribution in [0, 0.1) is 6.92 Å². The van der Waals surface area contributed by atoms with E-state index in [1.54, 1.807) is 6.07 Å². The molecule has 0 unspecified atom stereocenters. The Morgan fingerprint density at radius 3 is 2.74 bits per heavy atom. The van der Waals surface area contributed by atoms with E-state index in [0.29, 0.717) is 12.0 Å². The molecule has 1 aliphatic rings. The summed E-state index contributed by atoms with van der Waals surface area (Å²) >= 11 is 0. The van der Waals surface area contributed by atoms with Crippen LogP contribution in [-0.4, -0.2) is 17.5 Å². The van der Waals surface area contributed by atoms with Crippen molar-refractivity contribution in [3.05, 3.63) is 45.3 Å². The van der Waals surface area contributed by atoms with Crippen molar-refractivity contribution in [1.29, 1.82) is 0 Å². The fraction of sp³-hybridized carbons (Fsp3) is 0.550. The monoisotopic (exact) mass is 313 g/mol. The number of aryl methyl sites for hydroxylation is 1. The van der Waals surface area contributed by atoms with Crippen molar-refractivity contribution < 1.29 is 4.42 Å². The van der Waals surface area contributed by atoms with Crippen LogP contribution in [0.3, 0.4) is 0 Å². The van der Waals surface area contributed by atoms with Crippen molar-refractivity contribution in [2.45, 2.75) is 65.5 Å². The molecule has 124 valence electrons. The second-order valence-electron chi connectivity index (χ2n) is 7.27. The van der Waals surface area contributed by atoms with E-state index in [1.807, 2.05) is 6.07 Å². The van der Waals surface area contributed by atoms with Crippen LogP contribution in [0.15, 0.2) is 27.4 Å². The second-order valence-corrected chi connectivity index (χ2v) is 7.27. The Kier molecular flexibility index (Phi) is 4.58. The molecule has 1 aromatic heterocycles. The van der Waals surface area contributed by atoms with Gasteiger partial charge in [-0.2, -0.15) is 0 Å². The van der Waals surface area contributed by atoms with E-state index in [1.165, 1.54) is 30.4 Å². The van der Waals surface area contributed by atoms with Crippen LogP contribution in [0.1, 0.15) is 62.6 Å². The predicted molar refractivity (Wildman–Crippen MR) is 95.0 cm³/mol. The lowest BCUT2D eigenvalue weighted by Crippen LogP contribution is -2.36. The van der Waals surface area contributed by atoms with Gasteiger partial charge in [-0.15, -0.1) is 0 Å². The zero-order valence-electron chi connectivity index (χ0n) is 14.7. The van der Waals surface area contributed by atoms with Crippen LogP contribution in [0.4, 0.5) is 0 Å². The first-order chi connectivity index (χ1) is 11.0. The molecule has 0 saturated carbocycles. The minimum Gasteiger partial charge on any atom is -0.423 e. The molecular formula is C20H27NO2. The molecule has 0 N–H and O–H groups in total. The van der Waals surface area contributed by atoms with Gasteiger partial charge in [-0.3, -0.25) is 4.90 Å². The summed E-state index contributed by atoms with van der Waals surface area (Å²) in [6, 6.07) is 6.52. The summed E-state index contributed by atoms with van der Waals surface area (Å²) in [6.07, 6.45) is 3.81. The van der Waals surface area contributed by atoms with Crippen molar-refractivity contribution in [1.82, 2.24) is 4.90 Å². The van der Waals surface area contributed by atoms with Crippen molar-refractivity contribution in [3.8, 4) is 0 Å². The van der Waals surface area contributed by atoms with Crippen LogP contribution in [0.5, 0.6) is 0 Å². The Morgan fingerprint density at radius 2 is 2.04 bits per heavy atom. The smallest absolute Gasteiger partial charge is 0.336 e. The van der Waals surface area contributed by atoms with Gasteiger partial charge in [0, 0.05) is 24.0 Å². The first kappa shape index (κ1) is 16.3. The van der Waals surface area contributed by atoms with Gasteiger partial charge in [0.1, 0.15) is 5.58 Å². The molecule has 1 aliphatic heterocycles. The van der Waals surface area contributed by atoms with E-state index in [2.05, 4.69) is 38.7 Å². The highest BCUT2D eigenvalue weighted by atomic mass is 16.4. The quantitative estimate of drug-likeness (QED) is 0.777.